The number of hydrogen-bond donors (Lipinski definition) is 12. The molecule has 4 rings (SSSR count). The number of ether oxygens (including phenoxy) is 1. The highest BCUT2D eigenvalue weighted by atomic mass is 16.5. The van der Waals surface area contributed by atoms with Crippen molar-refractivity contribution in [2.24, 2.45) is 0 Å². The maximum absolute atomic E-state index is 14.8. The van der Waals surface area contributed by atoms with Crippen LogP contribution >= 0.6 is 0 Å². The van der Waals surface area contributed by atoms with Gasteiger partial charge in [-0.3, -0.25) is 43.8 Å². The van der Waals surface area contributed by atoms with Crippen molar-refractivity contribution in [2.45, 2.75) is 133 Å². The SMILES string of the molecule is C=CCOC(=O)CC[C@@H](NC(=O)CNC(=O)[C@H](Cc1ccc2ccccc2c1)NC(=O)[C@@H](CCCNC(=N)NC)NC(=O)[C@H](CCCCNC)NC(=O)[C@H](Cc1ccc(C)cc1)NC(=O)[C@H](Cc1ccccc1)NC)C(=O)N[C@H](C=O)CCC. The van der Waals surface area contributed by atoms with Gasteiger partial charge in [0.25, 0.3) is 0 Å². The summed E-state index contributed by atoms with van der Waals surface area (Å²) < 4.78 is 5.05. The number of amides is 7. The molecule has 0 aromatic heterocycles. The van der Waals surface area contributed by atoms with Crippen molar-refractivity contribution in [3.63, 3.8) is 0 Å². The summed E-state index contributed by atoms with van der Waals surface area (Å²) in [6, 6.07) is 22.3. The number of fused-ring (bicyclic) bond motifs is 1. The molecular weight excluding hydrogens is 1070 g/mol. The van der Waals surface area contributed by atoms with Crippen LogP contribution in [0.4, 0.5) is 0 Å². The van der Waals surface area contributed by atoms with Crippen LogP contribution in [-0.4, -0.2) is 149 Å². The van der Waals surface area contributed by atoms with E-state index in [0.717, 1.165) is 27.5 Å². The standard InChI is InChI=1S/C62H86N12O10/c1-7-17-47(40-75)69-57(79)50(30-31-55(77)84-34-8-2)70-54(76)39-68-56(78)52(38-44-28-29-45-20-12-13-21-46(45)35-44)73-59(81)49(23-16-33-67-62(63)66-6)71-58(80)48(22-14-15-32-64-4)72-61(83)53(37-43-26-24-41(3)25-27-43)74-60(82)51(65-5)36-42-18-10-9-11-19-42/h8-13,18-21,24-29,35,40,47-53,64-65H,2,7,14-17,22-23,30-34,36-39H2,1,3-6H3,(H,68,78)(H,69,79)(H,70,76)(H,71,80)(H,72,83)(H,73,81)(H,74,82)(H3,63,66,67)/t47-,48-,49+,50+,51-,52-,53-/m0/s1. The summed E-state index contributed by atoms with van der Waals surface area (Å²) in [5.74, 6) is -5.49. The van der Waals surface area contributed by atoms with Gasteiger partial charge in [-0.1, -0.05) is 129 Å². The van der Waals surface area contributed by atoms with Crippen LogP contribution < -0.4 is 58.5 Å². The van der Waals surface area contributed by atoms with E-state index in [9.17, 15) is 43.2 Å². The van der Waals surface area contributed by atoms with Crippen molar-refractivity contribution in [1.29, 1.82) is 5.41 Å². The molecule has 0 aliphatic rings. The third-order valence-electron chi connectivity index (χ3n) is 13.9. The number of aryl methyl sites for hydroxylation is 1. The lowest BCUT2D eigenvalue weighted by Gasteiger charge is -2.27. The third-order valence-corrected chi connectivity index (χ3v) is 13.9. The average Bonchev–Trinajstić information content (AvgIpc) is 3.66. The van der Waals surface area contributed by atoms with Crippen molar-refractivity contribution in [2.75, 3.05) is 47.4 Å². The molecule has 0 saturated heterocycles. The predicted molar refractivity (Wildman–Crippen MR) is 323 cm³/mol. The quantitative estimate of drug-likeness (QED) is 0.00765. The van der Waals surface area contributed by atoms with Gasteiger partial charge in [0.15, 0.2) is 5.96 Å². The van der Waals surface area contributed by atoms with Crippen molar-refractivity contribution >= 4 is 70.3 Å². The van der Waals surface area contributed by atoms with E-state index in [2.05, 4.69) is 65.1 Å². The molecular formula is C62H86N12O10. The molecule has 0 radical (unpaired) electrons. The van der Waals surface area contributed by atoms with Crippen LogP contribution in [0.15, 0.2) is 110 Å². The molecule has 7 amide bonds. The summed E-state index contributed by atoms with van der Waals surface area (Å²) in [5, 5.41) is 40.8. The molecule has 7 atom stereocenters. The van der Waals surface area contributed by atoms with Crippen molar-refractivity contribution in [3.05, 3.63) is 132 Å². The Hall–Kier alpha value is -8.50. The average molecular weight is 1160 g/mol. The Morgan fingerprint density at radius 1 is 0.560 bits per heavy atom. The second-order valence-electron chi connectivity index (χ2n) is 20.5. The van der Waals surface area contributed by atoms with Crippen molar-refractivity contribution in [1.82, 2.24) is 58.5 Å². The van der Waals surface area contributed by atoms with Gasteiger partial charge in [0.2, 0.25) is 41.4 Å². The highest BCUT2D eigenvalue weighted by Gasteiger charge is 2.33. The van der Waals surface area contributed by atoms with E-state index in [1.165, 1.54) is 6.08 Å². The number of benzene rings is 4. The van der Waals surface area contributed by atoms with Crippen molar-refractivity contribution < 1.29 is 47.9 Å². The fourth-order valence-electron chi connectivity index (χ4n) is 9.10. The van der Waals surface area contributed by atoms with Gasteiger partial charge in [0.1, 0.15) is 43.1 Å². The molecule has 0 aliphatic carbocycles. The minimum absolute atomic E-state index is 0.00143. The van der Waals surface area contributed by atoms with Gasteiger partial charge in [-0.05, 0) is 106 Å². The Labute approximate surface area is 492 Å². The molecule has 454 valence electrons. The zero-order chi connectivity index (χ0) is 61.2. The Bertz CT molecular complexity index is 2800. The first-order valence-electron chi connectivity index (χ1n) is 28.7. The van der Waals surface area contributed by atoms with Crippen molar-refractivity contribution in [3.8, 4) is 0 Å². The fraction of sp³-hybridized carbons (Fsp3) is 0.452. The first-order valence-corrected chi connectivity index (χ1v) is 28.7. The van der Waals surface area contributed by atoms with Crippen LogP contribution in [-0.2, 0) is 67.2 Å². The van der Waals surface area contributed by atoms with Crippen LogP contribution in [0.25, 0.3) is 10.8 Å². The van der Waals surface area contributed by atoms with E-state index in [4.69, 9.17) is 10.1 Å². The van der Waals surface area contributed by atoms with E-state index >= 15 is 0 Å². The smallest absolute Gasteiger partial charge is 0.306 e. The summed E-state index contributed by atoms with van der Waals surface area (Å²) in [6.45, 7) is 7.37. The molecule has 0 aliphatic heterocycles. The zero-order valence-corrected chi connectivity index (χ0v) is 49.0. The summed E-state index contributed by atoms with van der Waals surface area (Å²) in [6.07, 6.45) is 4.28. The first kappa shape index (κ1) is 68.0. The van der Waals surface area contributed by atoms with E-state index in [0.29, 0.717) is 50.5 Å². The third kappa shape index (κ3) is 24.5. The number of aldehydes is 1. The molecule has 84 heavy (non-hydrogen) atoms. The second kappa shape index (κ2) is 37.6. The van der Waals surface area contributed by atoms with Crippen LogP contribution in [0.3, 0.4) is 0 Å². The minimum atomic E-state index is -1.35. The Balaban J connectivity index is 1.65. The summed E-state index contributed by atoms with van der Waals surface area (Å²) in [5.41, 5.74) is 3.32. The van der Waals surface area contributed by atoms with Gasteiger partial charge >= 0.3 is 5.97 Å². The summed E-state index contributed by atoms with van der Waals surface area (Å²) in [7, 11) is 5.03. The first-order chi connectivity index (χ1) is 40.5. The maximum Gasteiger partial charge on any atom is 0.306 e. The number of rotatable bonds is 38. The second-order valence-corrected chi connectivity index (χ2v) is 20.5. The number of hydrogen-bond acceptors (Lipinski definition) is 13. The van der Waals surface area contributed by atoms with Gasteiger partial charge in [0, 0.05) is 32.9 Å². The minimum Gasteiger partial charge on any atom is -0.461 e. The Kier molecular flexibility index (Phi) is 30.4. The fourth-order valence-corrected chi connectivity index (χ4v) is 9.10. The lowest BCUT2D eigenvalue weighted by Crippen LogP contribution is -2.59. The molecule has 22 heteroatoms. The zero-order valence-electron chi connectivity index (χ0n) is 49.0. The number of likely N-dealkylation sites (N-methyl/N-ethyl adjacent to an activating group) is 1. The number of nitrogens with one attached hydrogen (secondary N) is 12. The molecule has 4 aromatic carbocycles. The summed E-state index contributed by atoms with van der Waals surface area (Å²) >= 11 is 0. The highest BCUT2D eigenvalue weighted by molar-refractivity contribution is 5.97. The van der Waals surface area contributed by atoms with Crippen LogP contribution in [0.2, 0.25) is 0 Å². The van der Waals surface area contributed by atoms with E-state index in [1.807, 2.05) is 105 Å². The number of carbonyl (C=O) groups is 9. The van der Waals surface area contributed by atoms with E-state index < -0.39 is 96.2 Å². The monoisotopic (exact) mass is 1160 g/mol. The van der Waals surface area contributed by atoms with Gasteiger partial charge < -0.3 is 68.0 Å². The molecule has 0 heterocycles. The van der Waals surface area contributed by atoms with E-state index in [1.54, 1.807) is 27.2 Å². The normalized spacial score (nSPS) is 13.4. The highest BCUT2D eigenvalue weighted by Crippen LogP contribution is 2.18. The molecule has 22 nitrogen and oxygen atoms in total. The van der Waals surface area contributed by atoms with Gasteiger partial charge in [-0.15, -0.1) is 0 Å². The molecule has 12 N–H and O–H groups in total. The largest absolute Gasteiger partial charge is 0.461 e. The molecule has 4 aromatic rings. The lowest BCUT2D eigenvalue weighted by molar-refractivity contribution is -0.143. The van der Waals surface area contributed by atoms with Gasteiger partial charge in [-0.25, -0.2) is 0 Å². The number of guanidine groups is 1. The van der Waals surface area contributed by atoms with Gasteiger partial charge in [-0.2, -0.15) is 0 Å². The molecule has 0 saturated carbocycles. The summed E-state index contributed by atoms with van der Waals surface area (Å²) in [4.78, 5) is 124. The lowest BCUT2D eigenvalue weighted by atomic mass is 10.00. The predicted octanol–water partition coefficient (Wildman–Crippen LogP) is 2.21. The van der Waals surface area contributed by atoms with E-state index in [-0.39, 0.29) is 64.1 Å². The van der Waals surface area contributed by atoms with Crippen LogP contribution in [0.5, 0.6) is 0 Å². The topological polar surface area (TPSA) is 319 Å². The maximum atomic E-state index is 14.8. The number of carbonyl (C=O) groups excluding carboxylic acids is 9. The van der Waals surface area contributed by atoms with Crippen LogP contribution in [0.1, 0.15) is 87.0 Å². The molecule has 0 bridgehead atoms. The van der Waals surface area contributed by atoms with Gasteiger partial charge in [0.05, 0.1) is 18.6 Å². The number of esters is 1. The van der Waals surface area contributed by atoms with Crippen LogP contribution in [0, 0.1) is 12.3 Å². The number of unbranched alkanes of at least 4 members (excludes halogenated alkanes) is 1. The Morgan fingerprint density at radius 2 is 1.11 bits per heavy atom. The molecule has 0 spiro atoms. The molecule has 0 unspecified atom stereocenters. The molecule has 0 fully saturated rings. The Morgan fingerprint density at radius 3 is 1.74 bits per heavy atom.